The highest BCUT2D eigenvalue weighted by Gasteiger charge is 2.28. The molecule has 3 aromatic rings. The SMILES string of the molecule is c1cncc(OCC2CN(c3ccnc4ccccc34)C2)c1. The lowest BCUT2D eigenvalue weighted by atomic mass is 9.99. The van der Waals surface area contributed by atoms with Crippen molar-refractivity contribution in [2.75, 3.05) is 24.6 Å². The summed E-state index contributed by atoms with van der Waals surface area (Å²) < 4.78 is 5.78. The molecule has 4 heteroatoms. The van der Waals surface area contributed by atoms with Crippen LogP contribution in [0.4, 0.5) is 5.69 Å². The summed E-state index contributed by atoms with van der Waals surface area (Å²) >= 11 is 0. The fraction of sp³-hybridized carbons (Fsp3) is 0.222. The maximum absolute atomic E-state index is 5.78. The first kappa shape index (κ1) is 13.1. The molecule has 1 fully saturated rings. The third-order valence-corrected chi connectivity index (χ3v) is 4.04. The number of ether oxygens (including phenoxy) is 1. The van der Waals surface area contributed by atoms with Crippen molar-refractivity contribution in [3.8, 4) is 5.75 Å². The number of rotatable bonds is 4. The number of pyridine rings is 2. The monoisotopic (exact) mass is 291 g/mol. The Kier molecular flexibility index (Phi) is 3.35. The third kappa shape index (κ3) is 2.48. The van der Waals surface area contributed by atoms with Crippen LogP contribution >= 0.6 is 0 Å². The van der Waals surface area contributed by atoms with Gasteiger partial charge in [-0.3, -0.25) is 9.97 Å². The minimum Gasteiger partial charge on any atom is -0.492 e. The minimum absolute atomic E-state index is 0.562. The van der Waals surface area contributed by atoms with E-state index in [2.05, 4.69) is 39.1 Å². The molecule has 1 aliphatic heterocycles. The van der Waals surface area contributed by atoms with Gasteiger partial charge in [0.2, 0.25) is 0 Å². The molecule has 4 nitrogen and oxygen atoms in total. The first-order valence-corrected chi connectivity index (χ1v) is 7.52. The van der Waals surface area contributed by atoms with E-state index in [0.29, 0.717) is 5.92 Å². The van der Waals surface area contributed by atoms with Crippen LogP contribution < -0.4 is 9.64 Å². The number of hydrogen-bond acceptors (Lipinski definition) is 4. The normalized spacial score (nSPS) is 14.8. The third-order valence-electron chi connectivity index (χ3n) is 4.04. The van der Waals surface area contributed by atoms with Crippen molar-refractivity contribution in [3.63, 3.8) is 0 Å². The Bertz CT molecular complexity index is 764. The lowest BCUT2D eigenvalue weighted by Crippen LogP contribution is -2.49. The molecule has 1 aromatic carbocycles. The zero-order chi connectivity index (χ0) is 14.8. The zero-order valence-corrected chi connectivity index (χ0v) is 12.2. The quantitative estimate of drug-likeness (QED) is 0.740. The number of nitrogens with zero attached hydrogens (tertiary/aromatic N) is 3. The van der Waals surface area contributed by atoms with Gasteiger partial charge in [-0.05, 0) is 24.3 Å². The van der Waals surface area contributed by atoms with Crippen LogP contribution in [-0.2, 0) is 0 Å². The maximum Gasteiger partial charge on any atom is 0.137 e. The second-order valence-electron chi connectivity index (χ2n) is 5.62. The van der Waals surface area contributed by atoms with Crippen LogP contribution in [0.3, 0.4) is 0 Å². The molecule has 110 valence electrons. The Morgan fingerprint density at radius 1 is 1.05 bits per heavy atom. The van der Waals surface area contributed by atoms with Gasteiger partial charge < -0.3 is 9.64 Å². The van der Waals surface area contributed by atoms with Gasteiger partial charge in [0.15, 0.2) is 0 Å². The van der Waals surface area contributed by atoms with E-state index in [0.717, 1.165) is 31.0 Å². The molecule has 0 N–H and O–H groups in total. The summed E-state index contributed by atoms with van der Waals surface area (Å²) in [6, 6.07) is 14.2. The van der Waals surface area contributed by atoms with E-state index in [1.165, 1.54) is 11.1 Å². The van der Waals surface area contributed by atoms with Crippen LogP contribution in [0.5, 0.6) is 5.75 Å². The Hall–Kier alpha value is -2.62. The number of benzene rings is 1. The standard InChI is InChI=1S/C18H17N3O/c1-2-6-17-16(5-1)18(7-9-20-17)21-11-14(12-21)13-22-15-4-3-8-19-10-15/h1-10,14H,11-13H2. The smallest absolute Gasteiger partial charge is 0.137 e. The van der Waals surface area contributed by atoms with Crippen LogP contribution in [0.15, 0.2) is 61.1 Å². The van der Waals surface area contributed by atoms with Crippen molar-refractivity contribution in [1.82, 2.24) is 9.97 Å². The number of anilines is 1. The molecule has 3 heterocycles. The summed E-state index contributed by atoms with van der Waals surface area (Å²) in [6.07, 6.45) is 5.40. The molecule has 1 aliphatic rings. The van der Waals surface area contributed by atoms with E-state index in [1.807, 2.05) is 24.4 Å². The van der Waals surface area contributed by atoms with Gasteiger partial charge in [-0.1, -0.05) is 18.2 Å². The second-order valence-corrected chi connectivity index (χ2v) is 5.62. The van der Waals surface area contributed by atoms with Gasteiger partial charge in [0, 0.05) is 42.5 Å². The minimum atomic E-state index is 0.562. The zero-order valence-electron chi connectivity index (χ0n) is 12.2. The number of para-hydroxylation sites is 1. The summed E-state index contributed by atoms with van der Waals surface area (Å²) in [5.74, 6) is 1.41. The molecular formula is C18H17N3O. The summed E-state index contributed by atoms with van der Waals surface area (Å²) in [7, 11) is 0. The molecular weight excluding hydrogens is 274 g/mol. The van der Waals surface area contributed by atoms with Crippen LogP contribution in [0, 0.1) is 5.92 Å². The Morgan fingerprint density at radius 3 is 2.82 bits per heavy atom. The first-order valence-electron chi connectivity index (χ1n) is 7.52. The van der Waals surface area contributed by atoms with Crippen LogP contribution in [0.1, 0.15) is 0 Å². The van der Waals surface area contributed by atoms with E-state index in [1.54, 1.807) is 12.4 Å². The van der Waals surface area contributed by atoms with E-state index in [9.17, 15) is 0 Å². The van der Waals surface area contributed by atoms with Crippen molar-refractivity contribution in [3.05, 3.63) is 61.1 Å². The van der Waals surface area contributed by atoms with Crippen molar-refractivity contribution < 1.29 is 4.74 Å². The number of hydrogen-bond donors (Lipinski definition) is 0. The first-order chi connectivity index (χ1) is 10.9. The average molecular weight is 291 g/mol. The molecule has 4 rings (SSSR count). The summed E-state index contributed by atoms with van der Waals surface area (Å²) in [4.78, 5) is 10.9. The summed E-state index contributed by atoms with van der Waals surface area (Å²) in [5.41, 5.74) is 2.32. The topological polar surface area (TPSA) is 38.2 Å². The number of fused-ring (bicyclic) bond motifs is 1. The lowest BCUT2D eigenvalue weighted by molar-refractivity contribution is 0.220. The van der Waals surface area contributed by atoms with Gasteiger partial charge in [0.05, 0.1) is 18.3 Å². The van der Waals surface area contributed by atoms with Crippen molar-refractivity contribution >= 4 is 16.6 Å². The predicted molar refractivity (Wildman–Crippen MR) is 87.2 cm³/mol. The highest BCUT2D eigenvalue weighted by Crippen LogP contribution is 2.30. The van der Waals surface area contributed by atoms with Crippen LogP contribution in [-0.4, -0.2) is 29.7 Å². The van der Waals surface area contributed by atoms with Gasteiger partial charge >= 0.3 is 0 Å². The molecule has 0 unspecified atom stereocenters. The molecule has 0 aliphatic carbocycles. The molecule has 0 atom stereocenters. The van der Waals surface area contributed by atoms with E-state index >= 15 is 0 Å². The summed E-state index contributed by atoms with van der Waals surface area (Å²) in [6.45, 7) is 2.79. The van der Waals surface area contributed by atoms with Gasteiger partial charge in [-0.15, -0.1) is 0 Å². The predicted octanol–water partition coefficient (Wildman–Crippen LogP) is 3.15. The molecule has 0 saturated carbocycles. The highest BCUT2D eigenvalue weighted by atomic mass is 16.5. The van der Waals surface area contributed by atoms with Gasteiger partial charge in [-0.25, -0.2) is 0 Å². The van der Waals surface area contributed by atoms with Crippen molar-refractivity contribution in [1.29, 1.82) is 0 Å². The van der Waals surface area contributed by atoms with E-state index in [-0.39, 0.29) is 0 Å². The van der Waals surface area contributed by atoms with E-state index < -0.39 is 0 Å². The molecule has 0 radical (unpaired) electrons. The average Bonchev–Trinajstić information content (AvgIpc) is 2.54. The van der Waals surface area contributed by atoms with Crippen molar-refractivity contribution in [2.24, 2.45) is 5.92 Å². The lowest BCUT2D eigenvalue weighted by Gasteiger charge is -2.41. The molecule has 0 spiro atoms. The number of aromatic nitrogens is 2. The van der Waals surface area contributed by atoms with E-state index in [4.69, 9.17) is 4.74 Å². The maximum atomic E-state index is 5.78. The largest absolute Gasteiger partial charge is 0.492 e. The summed E-state index contributed by atoms with van der Waals surface area (Å²) in [5, 5.41) is 1.22. The van der Waals surface area contributed by atoms with Gasteiger partial charge in [0.25, 0.3) is 0 Å². The molecule has 1 saturated heterocycles. The fourth-order valence-corrected chi connectivity index (χ4v) is 2.88. The fourth-order valence-electron chi connectivity index (χ4n) is 2.88. The van der Waals surface area contributed by atoms with Gasteiger partial charge in [-0.2, -0.15) is 0 Å². The van der Waals surface area contributed by atoms with Crippen LogP contribution in [0.25, 0.3) is 10.9 Å². The molecule has 2 aromatic heterocycles. The molecule has 22 heavy (non-hydrogen) atoms. The van der Waals surface area contributed by atoms with Gasteiger partial charge in [0.1, 0.15) is 5.75 Å². The molecule has 0 bridgehead atoms. The second kappa shape index (κ2) is 5.64. The Balaban J connectivity index is 1.40. The van der Waals surface area contributed by atoms with Crippen molar-refractivity contribution in [2.45, 2.75) is 0 Å². The molecule has 0 amide bonds. The van der Waals surface area contributed by atoms with Crippen LogP contribution in [0.2, 0.25) is 0 Å². The Labute approximate surface area is 129 Å². The Morgan fingerprint density at radius 2 is 1.95 bits per heavy atom. The highest BCUT2D eigenvalue weighted by molar-refractivity contribution is 5.91.